The molecule has 0 atom stereocenters. The highest BCUT2D eigenvalue weighted by Crippen LogP contribution is 2.11. The molecule has 0 aromatic rings. The summed E-state index contributed by atoms with van der Waals surface area (Å²) in [5.41, 5.74) is 1.19. The number of hydrogen-bond donors (Lipinski definition) is 0. The molecule has 1 heteroatoms. The van der Waals surface area contributed by atoms with Crippen molar-refractivity contribution in [3.63, 3.8) is 0 Å². The van der Waals surface area contributed by atoms with E-state index in [-0.39, 0.29) is 0 Å². The van der Waals surface area contributed by atoms with Crippen molar-refractivity contribution in [2.75, 3.05) is 7.11 Å². The Kier molecular flexibility index (Phi) is 5.26. The molecule has 1 nitrogen and oxygen atoms in total. The molecule has 0 aliphatic heterocycles. The van der Waals surface area contributed by atoms with Gasteiger partial charge < -0.3 is 4.74 Å². The van der Waals surface area contributed by atoms with Crippen molar-refractivity contribution in [3.05, 3.63) is 36.1 Å². The molecule has 0 unspecified atom stereocenters. The van der Waals surface area contributed by atoms with Gasteiger partial charge in [-0.25, -0.2) is 0 Å². The van der Waals surface area contributed by atoms with Crippen molar-refractivity contribution in [2.24, 2.45) is 0 Å². The van der Waals surface area contributed by atoms with Crippen LogP contribution in [-0.2, 0) is 4.74 Å². The predicted molar refractivity (Wildman–Crippen MR) is 49.3 cm³/mol. The highest BCUT2D eigenvalue weighted by Gasteiger charge is 1.95. The van der Waals surface area contributed by atoms with E-state index in [1.165, 1.54) is 5.57 Å². The Balaban J connectivity index is 4.61. The second-order valence-electron chi connectivity index (χ2n) is 2.15. The predicted octanol–water partition coefficient (Wildman–Crippen LogP) is 3.06. The van der Waals surface area contributed by atoms with Gasteiger partial charge in [-0.15, -0.1) is 0 Å². The van der Waals surface area contributed by atoms with E-state index in [4.69, 9.17) is 4.74 Å². The first-order valence-electron chi connectivity index (χ1n) is 3.82. The topological polar surface area (TPSA) is 9.23 Å². The monoisotopic (exact) mass is 152 g/mol. The first kappa shape index (κ1) is 10.0. The fraction of sp³-hybridized carbons (Fsp3) is 0.400. The summed E-state index contributed by atoms with van der Waals surface area (Å²) in [5.74, 6) is 0.866. The van der Waals surface area contributed by atoms with Crippen molar-refractivity contribution in [1.82, 2.24) is 0 Å². The molecule has 0 amide bonds. The molecule has 11 heavy (non-hydrogen) atoms. The van der Waals surface area contributed by atoms with Crippen molar-refractivity contribution in [2.45, 2.75) is 20.3 Å². The second kappa shape index (κ2) is 5.78. The van der Waals surface area contributed by atoms with Crippen molar-refractivity contribution >= 4 is 0 Å². The van der Waals surface area contributed by atoms with Crippen LogP contribution in [0.5, 0.6) is 0 Å². The molecule has 0 heterocycles. The van der Waals surface area contributed by atoms with Crippen LogP contribution < -0.4 is 0 Å². The molecule has 0 rings (SSSR count). The molecule has 0 N–H and O–H groups in total. The fourth-order valence-electron chi connectivity index (χ4n) is 0.921. The first-order valence-corrected chi connectivity index (χ1v) is 3.82. The van der Waals surface area contributed by atoms with Gasteiger partial charge in [-0.2, -0.15) is 0 Å². The van der Waals surface area contributed by atoms with E-state index in [1.807, 2.05) is 19.1 Å². The third kappa shape index (κ3) is 3.08. The molecule has 0 aliphatic rings. The van der Waals surface area contributed by atoms with Gasteiger partial charge in [-0.3, -0.25) is 0 Å². The molecule has 0 fully saturated rings. The van der Waals surface area contributed by atoms with Gasteiger partial charge in [0.15, 0.2) is 0 Å². The summed E-state index contributed by atoms with van der Waals surface area (Å²) in [7, 11) is 1.66. The zero-order valence-electron chi connectivity index (χ0n) is 7.55. The Bertz CT molecular complexity index is 175. The van der Waals surface area contributed by atoms with Crippen LogP contribution in [0.3, 0.4) is 0 Å². The minimum Gasteiger partial charge on any atom is -0.497 e. The van der Waals surface area contributed by atoms with Crippen LogP contribution >= 0.6 is 0 Å². The van der Waals surface area contributed by atoms with Gasteiger partial charge in [0.2, 0.25) is 0 Å². The molecule has 0 aliphatic carbocycles. The van der Waals surface area contributed by atoms with Gasteiger partial charge in [0.05, 0.1) is 7.11 Å². The summed E-state index contributed by atoms with van der Waals surface area (Å²) in [6.07, 6.45) is 6.75. The Morgan fingerprint density at radius 2 is 2.18 bits per heavy atom. The van der Waals surface area contributed by atoms with E-state index in [1.54, 1.807) is 13.2 Å². The molecule has 0 aromatic heterocycles. The maximum atomic E-state index is 5.12. The summed E-state index contributed by atoms with van der Waals surface area (Å²) < 4.78 is 5.12. The molecule has 0 saturated heterocycles. The number of methoxy groups -OCH3 is 1. The highest BCUT2D eigenvalue weighted by molar-refractivity contribution is 5.27. The normalized spacial score (nSPS) is 13.0. The van der Waals surface area contributed by atoms with Gasteiger partial charge in [0, 0.05) is 0 Å². The summed E-state index contributed by atoms with van der Waals surface area (Å²) in [6, 6.07) is 0. The first-order chi connectivity index (χ1) is 5.29. The van der Waals surface area contributed by atoms with Gasteiger partial charge >= 0.3 is 0 Å². The minimum atomic E-state index is 0.866. The van der Waals surface area contributed by atoms with Crippen molar-refractivity contribution in [1.29, 1.82) is 0 Å². The molecular weight excluding hydrogens is 136 g/mol. The average molecular weight is 152 g/mol. The summed E-state index contributed by atoms with van der Waals surface area (Å²) in [5, 5.41) is 0. The molecule has 0 aromatic carbocycles. The lowest BCUT2D eigenvalue weighted by Crippen LogP contribution is -1.87. The summed E-state index contributed by atoms with van der Waals surface area (Å²) >= 11 is 0. The summed E-state index contributed by atoms with van der Waals surface area (Å²) in [6.45, 7) is 7.75. The Morgan fingerprint density at radius 1 is 1.55 bits per heavy atom. The Hall–Kier alpha value is -0.980. The van der Waals surface area contributed by atoms with Crippen LogP contribution in [0.15, 0.2) is 36.1 Å². The third-order valence-electron chi connectivity index (χ3n) is 1.47. The largest absolute Gasteiger partial charge is 0.497 e. The smallest absolute Gasteiger partial charge is 0.121 e. The maximum Gasteiger partial charge on any atom is 0.121 e. The standard InChI is InChI=1S/C10H16O/c1-5-8-9(6-2)10(7-3)11-4/h5,7-8H,3,6H2,1-2,4H3/b8-5-,10-9+. The fourth-order valence-corrected chi connectivity index (χ4v) is 0.921. The van der Waals surface area contributed by atoms with E-state index in [0.717, 1.165) is 12.2 Å². The Labute approximate surface area is 69.1 Å². The number of ether oxygens (including phenoxy) is 1. The van der Waals surface area contributed by atoms with Crippen LogP contribution in [0, 0.1) is 0 Å². The van der Waals surface area contributed by atoms with Gasteiger partial charge in [-0.1, -0.05) is 25.7 Å². The van der Waals surface area contributed by atoms with Crippen molar-refractivity contribution in [3.8, 4) is 0 Å². The van der Waals surface area contributed by atoms with E-state index in [2.05, 4.69) is 13.5 Å². The zero-order chi connectivity index (χ0) is 8.69. The molecule has 0 bridgehead atoms. The number of allylic oxidation sites excluding steroid dienone is 4. The van der Waals surface area contributed by atoms with Crippen LogP contribution in [0.2, 0.25) is 0 Å². The van der Waals surface area contributed by atoms with Crippen LogP contribution in [0.4, 0.5) is 0 Å². The van der Waals surface area contributed by atoms with E-state index in [9.17, 15) is 0 Å². The van der Waals surface area contributed by atoms with Crippen molar-refractivity contribution < 1.29 is 4.74 Å². The zero-order valence-corrected chi connectivity index (χ0v) is 7.55. The van der Waals surface area contributed by atoms with E-state index >= 15 is 0 Å². The van der Waals surface area contributed by atoms with E-state index in [0.29, 0.717) is 0 Å². The lowest BCUT2D eigenvalue weighted by Gasteiger charge is -2.04. The van der Waals surface area contributed by atoms with Gasteiger partial charge in [0.25, 0.3) is 0 Å². The third-order valence-corrected chi connectivity index (χ3v) is 1.47. The quantitative estimate of drug-likeness (QED) is 0.444. The van der Waals surface area contributed by atoms with Crippen LogP contribution in [0.25, 0.3) is 0 Å². The van der Waals surface area contributed by atoms with E-state index < -0.39 is 0 Å². The molecule has 0 spiro atoms. The van der Waals surface area contributed by atoms with Crippen LogP contribution in [0.1, 0.15) is 20.3 Å². The lowest BCUT2D eigenvalue weighted by atomic mass is 10.1. The van der Waals surface area contributed by atoms with Gasteiger partial charge in [0.1, 0.15) is 5.76 Å². The molecular formula is C10H16O. The highest BCUT2D eigenvalue weighted by atomic mass is 16.5. The average Bonchev–Trinajstić information content (AvgIpc) is 2.05. The van der Waals surface area contributed by atoms with Gasteiger partial charge in [-0.05, 0) is 25.0 Å². The molecule has 62 valence electrons. The number of hydrogen-bond acceptors (Lipinski definition) is 1. The minimum absolute atomic E-state index is 0.866. The molecule has 0 saturated carbocycles. The SMILES string of the molecule is C=C/C(OC)=C(\C=C/C)CC. The molecule has 0 radical (unpaired) electrons. The van der Waals surface area contributed by atoms with Crippen LogP contribution in [-0.4, -0.2) is 7.11 Å². The lowest BCUT2D eigenvalue weighted by molar-refractivity contribution is 0.302. The Morgan fingerprint density at radius 3 is 2.45 bits per heavy atom. The summed E-state index contributed by atoms with van der Waals surface area (Å²) in [4.78, 5) is 0. The second-order valence-corrected chi connectivity index (χ2v) is 2.15. The number of rotatable bonds is 4. The maximum absolute atomic E-state index is 5.12.